The fourth-order valence-corrected chi connectivity index (χ4v) is 7.52. The first-order chi connectivity index (χ1) is 23.5. The van der Waals surface area contributed by atoms with Gasteiger partial charge < -0.3 is 4.90 Å². The molecule has 1 aromatic heterocycles. The third kappa shape index (κ3) is 8.63. The number of alkyl halides is 3. The first-order valence-corrected chi connectivity index (χ1v) is 17.6. The van der Waals surface area contributed by atoms with Gasteiger partial charge in [-0.05, 0) is 101 Å². The van der Waals surface area contributed by atoms with Crippen LogP contribution in [-0.4, -0.2) is 54.6 Å². The minimum atomic E-state index is -4.41. The van der Waals surface area contributed by atoms with Crippen LogP contribution < -0.4 is 5.56 Å². The van der Waals surface area contributed by atoms with Crippen molar-refractivity contribution in [3.63, 3.8) is 0 Å². The Morgan fingerprint density at radius 2 is 1.44 bits per heavy atom. The Balaban J connectivity index is 1.44. The van der Waals surface area contributed by atoms with Crippen molar-refractivity contribution in [1.82, 2.24) is 24.6 Å². The lowest BCUT2D eigenvalue weighted by Crippen LogP contribution is -2.63. The van der Waals surface area contributed by atoms with E-state index in [0.717, 1.165) is 41.7 Å². The molecule has 0 N–H and O–H groups in total. The number of carbonyl (C=O) groups is 1. The zero-order valence-corrected chi connectivity index (χ0v) is 30.0. The predicted molar refractivity (Wildman–Crippen MR) is 188 cm³/mol. The molecular weight excluding hydrogens is 667 g/mol. The van der Waals surface area contributed by atoms with E-state index < -0.39 is 17.3 Å². The summed E-state index contributed by atoms with van der Waals surface area (Å²) in [5.74, 6) is -0.120. The molecule has 1 aliphatic rings. The molecule has 7 nitrogen and oxygen atoms in total. The summed E-state index contributed by atoms with van der Waals surface area (Å²) >= 11 is 1.26. The van der Waals surface area contributed by atoms with E-state index in [-0.39, 0.29) is 41.1 Å². The van der Waals surface area contributed by atoms with Crippen LogP contribution >= 0.6 is 11.8 Å². The van der Waals surface area contributed by atoms with E-state index >= 15 is 0 Å². The maximum absolute atomic E-state index is 14.5. The van der Waals surface area contributed by atoms with Gasteiger partial charge in [0.1, 0.15) is 18.1 Å². The van der Waals surface area contributed by atoms with Gasteiger partial charge in [0.2, 0.25) is 5.91 Å². The summed E-state index contributed by atoms with van der Waals surface area (Å²) in [4.78, 5) is 35.8. The lowest BCUT2D eigenvalue weighted by Gasteiger charge is -2.55. The van der Waals surface area contributed by atoms with Gasteiger partial charge in [-0.25, -0.2) is 9.07 Å². The molecule has 0 bridgehead atoms. The number of aromatic nitrogens is 3. The number of hydrogen-bond acceptors (Lipinski definition) is 6. The Labute approximate surface area is 294 Å². The van der Waals surface area contributed by atoms with Crippen molar-refractivity contribution in [2.45, 2.75) is 101 Å². The number of benzene rings is 3. The van der Waals surface area contributed by atoms with Crippen molar-refractivity contribution in [2.24, 2.45) is 0 Å². The lowest BCUT2D eigenvalue weighted by atomic mass is 9.77. The average molecular weight is 710 g/mol. The van der Waals surface area contributed by atoms with E-state index in [4.69, 9.17) is 0 Å². The Hall–Kier alpha value is -4.03. The van der Waals surface area contributed by atoms with Crippen LogP contribution in [0.5, 0.6) is 0 Å². The van der Waals surface area contributed by atoms with E-state index in [0.29, 0.717) is 29.4 Å². The smallest absolute Gasteiger partial charge is 0.334 e. The molecule has 266 valence electrons. The highest BCUT2D eigenvalue weighted by atomic mass is 32.2. The summed E-state index contributed by atoms with van der Waals surface area (Å²) in [6, 6.07) is 18.5. The second-order valence-corrected chi connectivity index (χ2v) is 15.1. The molecule has 3 aromatic carbocycles. The first-order valence-electron chi connectivity index (χ1n) is 16.6. The van der Waals surface area contributed by atoms with Gasteiger partial charge in [-0.15, -0.1) is 0 Å². The Morgan fingerprint density at radius 3 is 1.98 bits per heavy atom. The molecule has 1 saturated heterocycles. The Bertz CT molecular complexity index is 1840. The van der Waals surface area contributed by atoms with Gasteiger partial charge in [-0.1, -0.05) is 67.2 Å². The predicted octanol–water partition coefficient (Wildman–Crippen LogP) is 8.00. The summed E-state index contributed by atoms with van der Waals surface area (Å²) in [7, 11) is 2.11. The molecule has 50 heavy (non-hydrogen) atoms. The lowest BCUT2D eigenvalue weighted by molar-refractivity contribution is -0.140. The van der Waals surface area contributed by atoms with E-state index in [2.05, 4.69) is 49.7 Å². The number of thioether (sulfide) groups is 1. The zero-order valence-electron chi connectivity index (χ0n) is 29.2. The molecule has 1 amide bonds. The Kier molecular flexibility index (Phi) is 10.9. The first kappa shape index (κ1) is 37.2. The molecule has 1 aliphatic heterocycles. The maximum Gasteiger partial charge on any atom is 0.416 e. The molecule has 1 fully saturated rings. The number of amides is 1. The molecule has 12 heteroatoms. The molecule has 0 atom stereocenters. The van der Waals surface area contributed by atoms with Crippen molar-refractivity contribution < 1.29 is 22.4 Å². The van der Waals surface area contributed by atoms with Crippen LogP contribution in [0, 0.1) is 5.82 Å². The second kappa shape index (κ2) is 14.7. The number of hydrogen-bond donors (Lipinski definition) is 0. The molecule has 0 unspecified atom stereocenters. The summed E-state index contributed by atoms with van der Waals surface area (Å²) < 4.78 is 54.3. The zero-order chi connectivity index (χ0) is 36.4. The summed E-state index contributed by atoms with van der Waals surface area (Å²) in [5.41, 5.74) is 1.82. The highest BCUT2D eigenvalue weighted by Crippen LogP contribution is 2.40. The molecule has 2 heterocycles. The van der Waals surface area contributed by atoms with E-state index in [9.17, 15) is 27.2 Å². The number of nitrogens with zero attached hydrogens (tertiary/aromatic N) is 5. The molecule has 0 aliphatic carbocycles. The number of carbonyl (C=O) groups excluding carboxylic acids is 1. The van der Waals surface area contributed by atoms with E-state index in [1.165, 1.54) is 40.7 Å². The maximum atomic E-state index is 14.5. The van der Waals surface area contributed by atoms with Crippen molar-refractivity contribution >= 4 is 17.7 Å². The standard InChI is InChI=1S/C38H43F4N5O2S/c1-7-32-34(49)43-35(50-24-26-10-18-30(39)19-11-26)47(44-32)23-33(48)46(31-20-36(2,3)45(6)37(4,5)21-31)22-25-8-12-27(13-9-25)28-14-16-29(17-15-28)38(40,41)42/h8-19,31H,7,20-24H2,1-6H3. The number of halogens is 4. The van der Waals surface area contributed by atoms with Crippen molar-refractivity contribution in [2.75, 3.05) is 7.05 Å². The van der Waals surface area contributed by atoms with Gasteiger partial charge in [-0.3, -0.25) is 14.5 Å². The fourth-order valence-electron chi connectivity index (χ4n) is 6.63. The highest BCUT2D eigenvalue weighted by Gasteiger charge is 2.45. The number of rotatable bonds is 10. The van der Waals surface area contributed by atoms with Gasteiger partial charge in [0.15, 0.2) is 5.16 Å². The topological polar surface area (TPSA) is 71.3 Å². The largest absolute Gasteiger partial charge is 0.416 e. The Morgan fingerprint density at radius 1 is 0.900 bits per heavy atom. The minimum Gasteiger partial charge on any atom is -0.334 e. The SMILES string of the molecule is CCc1nn(CC(=O)N(Cc2ccc(-c3ccc(C(F)(F)F)cc3)cc2)C2CC(C)(C)N(C)C(C)(C)C2)c(SCc2ccc(F)cc2)nc1=O. The summed E-state index contributed by atoms with van der Waals surface area (Å²) in [6.45, 7) is 10.7. The van der Waals surface area contributed by atoms with Gasteiger partial charge in [0.25, 0.3) is 5.56 Å². The van der Waals surface area contributed by atoms with Crippen molar-refractivity contribution in [3.8, 4) is 11.1 Å². The van der Waals surface area contributed by atoms with E-state index in [1.54, 1.807) is 12.1 Å². The number of aryl methyl sites for hydroxylation is 1. The summed E-state index contributed by atoms with van der Waals surface area (Å²) in [5, 5.41) is 4.86. The average Bonchev–Trinajstić information content (AvgIpc) is 3.06. The van der Waals surface area contributed by atoms with Gasteiger partial charge >= 0.3 is 6.18 Å². The van der Waals surface area contributed by atoms with Crippen LogP contribution in [0.4, 0.5) is 17.6 Å². The van der Waals surface area contributed by atoms with Crippen LogP contribution in [0.3, 0.4) is 0 Å². The van der Waals surface area contributed by atoms with Crippen LogP contribution in [0.25, 0.3) is 11.1 Å². The normalized spacial score (nSPS) is 16.4. The highest BCUT2D eigenvalue weighted by molar-refractivity contribution is 7.98. The van der Waals surface area contributed by atoms with E-state index in [1.807, 2.05) is 36.1 Å². The third-order valence-electron chi connectivity index (χ3n) is 9.71. The molecule has 0 radical (unpaired) electrons. The number of likely N-dealkylation sites (tertiary alicyclic amines) is 1. The molecule has 4 aromatic rings. The monoisotopic (exact) mass is 709 g/mol. The van der Waals surface area contributed by atoms with Crippen molar-refractivity contribution in [3.05, 3.63) is 111 Å². The second-order valence-electron chi connectivity index (χ2n) is 14.1. The van der Waals surface area contributed by atoms with Crippen LogP contribution in [0.2, 0.25) is 0 Å². The van der Waals surface area contributed by atoms with Gasteiger partial charge in [-0.2, -0.15) is 23.3 Å². The van der Waals surface area contributed by atoms with Gasteiger partial charge in [0, 0.05) is 29.4 Å². The third-order valence-corrected chi connectivity index (χ3v) is 10.7. The quantitative estimate of drug-likeness (QED) is 0.123. The fraction of sp³-hybridized carbons (Fsp3) is 0.421. The molecule has 5 rings (SSSR count). The minimum absolute atomic E-state index is 0.119. The number of piperidine rings is 1. The molecule has 0 spiro atoms. The molecular formula is C38H43F4N5O2S. The van der Waals surface area contributed by atoms with Crippen LogP contribution in [0.1, 0.15) is 69.8 Å². The van der Waals surface area contributed by atoms with Crippen LogP contribution in [0.15, 0.2) is 82.7 Å². The van der Waals surface area contributed by atoms with Crippen LogP contribution in [-0.2, 0) is 36.2 Å². The van der Waals surface area contributed by atoms with Crippen molar-refractivity contribution in [1.29, 1.82) is 0 Å². The molecule has 0 saturated carbocycles. The van der Waals surface area contributed by atoms with Gasteiger partial charge in [0.05, 0.1) is 5.56 Å². The summed E-state index contributed by atoms with van der Waals surface area (Å²) in [6.07, 6.45) is -2.60.